The lowest BCUT2D eigenvalue weighted by atomic mass is 10.2. The first-order valence-corrected chi connectivity index (χ1v) is 8.62. The van der Waals surface area contributed by atoms with Gasteiger partial charge < -0.3 is 10.1 Å². The minimum Gasteiger partial charge on any atom is -0.475 e. The van der Waals surface area contributed by atoms with Crippen LogP contribution in [0.15, 0.2) is 42.7 Å². The maximum atomic E-state index is 12.5. The third-order valence-corrected chi connectivity index (χ3v) is 4.27. The van der Waals surface area contributed by atoms with E-state index in [9.17, 15) is 14.9 Å². The van der Waals surface area contributed by atoms with Gasteiger partial charge in [0.25, 0.3) is 0 Å². The summed E-state index contributed by atoms with van der Waals surface area (Å²) in [5, 5.41) is 22.1. The molecule has 2 aromatic heterocycles. The third kappa shape index (κ3) is 4.12. The van der Waals surface area contributed by atoms with Gasteiger partial charge in [-0.3, -0.25) is 19.6 Å². The van der Waals surface area contributed by atoms with Crippen molar-refractivity contribution in [3.8, 4) is 5.88 Å². The molecule has 0 aliphatic heterocycles. The second-order valence-corrected chi connectivity index (χ2v) is 6.34. The number of methoxy groups -OCH3 is 1. The highest BCUT2D eigenvalue weighted by atomic mass is 35.5. The Morgan fingerprint density at radius 3 is 2.64 bits per heavy atom. The number of ether oxygens (including phenoxy) is 1. The van der Waals surface area contributed by atoms with E-state index in [-0.39, 0.29) is 22.4 Å². The van der Waals surface area contributed by atoms with E-state index < -0.39 is 16.9 Å². The van der Waals surface area contributed by atoms with Crippen molar-refractivity contribution in [1.29, 1.82) is 0 Å². The number of hydrogen-bond acceptors (Lipinski definition) is 6. The van der Waals surface area contributed by atoms with Gasteiger partial charge in [-0.25, -0.2) is 4.68 Å². The molecule has 1 N–H and O–H groups in total. The van der Waals surface area contributed by atoms with Crippen molar-refractivity contribution in [3.63, 3.8) is 0 Å². The van der Waals surface area contributed by atoms with Crippen LogP contribution in [-0.2, 0) is 11.3 Å². The van der Waals surface area contributed by atoms with Crippen molar-refractivity contribution in [2.24, 2.45) is 0 Å². The van der Waals surface area contributed by atoms with Crippen LogP contribution >= 0.6 is 11.6 Å². The Kier molecular flexibility index (Phi) is 5.59. The Hall–Kier alpha value is -3.40. The molecule has 1 unspecified atom stereocenters. The number of rotatable bonds is 7. The number of carbonyl (C=O) groups excluding carboxylic acids is 1. The fourth-order valence-electron chi connectivity index (χ4n) is 2.51. The highest BCUT2D eigenvalue weighted by Gasteiger charge is 2.26. The number of anilines is 1. The van der Waals surface area contributed by atoms with Gasteiger partial charge >= 0.3 is 11.6 Å². The molecule has 0 saturated carbocycles. The fraction of sp³-hybridized carbons (Fsp3) is 0.235. The number of carbonyl (C=O) groups is 1. The molecule has 1 amide bonds. The highest BCUT2D eigenvalue weighted by molar-refractivity contribution is 6.33. The van der Waals surface area contributed by atoms with Gasteiger partial charge in [0.1, 0.15) is 17.3 Å². The SMILES string of the molecule is COc1nn(C(C)C(=O)Nc2nn(Cc3ccccc3)cc2Cl)cc1[N+](=O)[O-]. The first kappa shape index (κ1) is 19.4. The lowest BCUT2D eigenvalue weighted by Gasteiger charge is -2.11. The van der Waals surface area contributed by atoms with Crippen LogP contribution in [0.3, 0.4) is 0 Å². The van der Waals surface area contributed by atoms with Crippen molar-refractivity contribution in [3.05, 3.63) is 63.4 Å². The van der Waals surface area contributed by atoms with Crippen LogP contribution < -0.4 is 10.1 Å². The van der Waals surface area contributed by atoms with Gasteiger partial charge in [-0.05, 0) is 12.5 Å². The van der Waals surface area contributed by atoms with Gasteiger partial charge in [0.05, 0.1) is 18.6 Å². The molecule has 146 valence electrons. The van der Waals surface area contributed by atoms with E-state index >= 15 is 0 Å². The molecular formula is C17H17ClN6O4. The lowest BCUT2D eigenvalue weighted by Crippen LogP contribution is -2.24. The van der Waals surface area contributed by atoms with Crippen LogP contribution in [0.4, 0.5) is 11.5 Å². The van der Waals surface area contributed by atoms with E-state index in [0.29, 0.717) is 6.54 Å². The van der Waals surface area contributed by atoms with Crippen LogP contribution in [0.5, 0.6) is 5.88 Å². The molecule has 0 bridgehead atoms. The largest absolute Gasteiger partial charge is 0.475 e. The fourth-order valence-corrected chi connectivity index (χ4v) is 2.71. The molecule has 28 heavy (non-hydrogen) atoms. The molecule has 0 radical (unpaired) electrons. The first-order valence-electron chi connectivity index (χ1n) is 8.24. The Bertz CT molecular complexity index is 1000. The number of nitro groups is 1. The maximum Gasteiger partial charge on any atom is 0.350 e. The number of aromatic nitrogens is 4. The summed E-state index contributed by atoms with van der Waals surface area (Å²) >= 11 is 6.17. The lowest BCUT2D eigenvalue weighted by molar-refractivity contribution is -0.385. The zero-order chi connectivity index (χ0) is 20.3. The zero-order valence-corrected chi connectivity index (χ0v) is 15.8. The number of nitrogens with zero attached hydrogens (tertiary/aromatic N) is 5. The zero-order valence-electron chi connectivity index (χ0n) is 15.1. The van der Waals surface area contributed by atoms with Crippen molar-refractivity contribution in [2.45, 2.75) is 19.5 Å². The molecular weight excluding hydrogens is 388 g/mol. The van der Waals surface area contributed by atoms with Crippen molar-refractivity contribution >= 4 is 29.0 Å². The summed E-state index contributed by atoms with van der Waals surface area (Å²) in [6, 6.07) is 8.81. The molecule has 1 atom stereocenters. The van der Waals surface area contributed by atoms with Crippen LogP contribution in [0.2, 0.25) is 5.02 Å². The van der Waals surface area contributed by atoms with Gasteiger partial charge in [-0.1, -0.05) is 41.9 Å². The maximum absolute atomic E-state index is 12.5. The standard InChI is InChI=1S/C17H17ClN6O4/c1-11(23-10-14(24(26)27)17(21-23)28-2)16(25)19-15-13(18)9-22(20-15)8-12-6-4-3-5-7-12/h3-7,9-11H,8H2,1-2H3,(H,19,20,25). The summed E-state index contributed by atoms with van der Waals surface area (Å²) < 4.78 is 7.64. The Morgan fingerprint density at radius 2 is 2.04 bits per heavy atom. The predicted molar refractivity (Wildman–Crippen MR) is 102 cm³/mol. The van der Waals surface area contributed by atoms with Crippen molar-refractivity contribution in [1.82, 2.24) is 19.6 Å². The molecule has 0 aliphatic rings. The average Bonchev–Trinajstić information content (AvgIpc) is 3.25. The van der Waals surface area contributed by atoms with Crippen LogP contribution in [0.1, 0.15) is 18.5 Å². The van der Waals surface area contributed by atoms with E-state index in [2.05, 4.69) is 15.5 Å². The van der Waals surface area contributed by atoms with Crippen LogP contribution in [-0.4, -0.2) is 37.5 Å². The minimum absolute atomic E-state index is 0.171. The summed E-state index contributed by atoms with van der Waals surface area (Å²) in [6.07, 6.45) is 2.75. The second-order valence-electron chi connectivity index (χ2n) is 5.93. The quantitative estimate of drug-likeness (QED) is 0.478. The summed E-state index contributed by atoms with van der Waals surface area (Å²) in [5.41, 5.74) is 0.705. The summed E-state index contributed by atoms with van der Waals surface area (Å²) in [5.74, 6) is -0.454. The van der Waals surface area contributed by atoms with Crippen LogP contribution in [0, 0.1) is 10.1 Å². The monoisotopic (exact) mass is 404 g/mol. The number of amides is 1. The number of nitrogens with one attached hydrogen (secondary N) is 1. The number of halogens is 1. The Morgan fingerprint density at radius 1 is 1.32 bits per heavy atom. The van der Waals surface area contributed by atoms with Crippen molar-refractivity contribution in [2.75, 3.05) is 12.4 Å². The normalized spacial score (nSPS) is 11.8. The van der Waals surface area contributed by atoms with Gasteiger partial charge in [0.15, 0.2) is 5.82 Å². The first-order chi connectivity index (χ1) is 13.4. The van der Waals surface area contributed by atoms with E-state index in [1.54, 1.807) is 17.8 Å². The van der Waals surface area contributed by atoms with E-state index in [1.165, 1.54) is 7.11 Å². The summed E-state index contributed by atoms with van der Waals surface area (Å²) in [7, 11) is 1.27. The molecule has 2 heterocycles. The molecule has 0 fully saturated rings. The summed E-state index contributed by atoms with van der Waals surface area (Å²) in [6.45, 7) is 2.04. The topological polar surface area (TPSA) is 117 Å². The molecule has 0 spiro atoms. The van der Waals surface area contributed by atoms with Gasteiger partial charge in [0.2, 0.25) is 5.91 Å². The van der Waals surface area contributed by atoms with E-state index in [4.69, 9.17) is 16.3 Å². The summed E-state index contributed by atoms with van der Waals surface area (Å²) in [4.78, 5) is 22.9. The van der Waals surface area contributed by atoms with Gasteiger partial charge in [-0.2, -0.15) is 5.10 Å². The minimum atomic E-state index is -0.849. The van der Waals surface area contributed by atoms with E-state index in [0.717, 1.165) is 16.4 Å². The van der Waals surface area contributed by atoms with Gasteiger partial charge in [-0.15, -0.1) is 5.10 Å². The molecule has 0 saturated heterocycles. The predicted octanol–water partition coefficient (Wildman–Crippen LogP) is 2.90. The Balaban J connectivity index is 1.73. The Labute approximate surface area is 164 Å². The van der Waals surface area contributed by atoms with Crippen LogP contribution in [0.25, 0.3) is 0 Å². The highest BCUT2D eigenvalue weighted by Crippen LogP contribution is 2.27. The molecule has 1 aromatic carbocycles. The smallest absolute Gasteiger partial charge is 0.350 e. The van der Waals surface area contributed by atoms with Crippen molar-refractivity contribution < 1.29 is 14.5 Å². The average molecular weight is 405 g/mol. The third-order valence-electron chi connectivity index (χ3n) is 3.99. The van der Waals surface area contributed by atoms with E-state index in [1.807, 2.05) is 30.3 Å². The molecule has 3 rings (SSSR count). The molecule has 11 heteroatoms. The molecule has 10 nitrogen and oxygen atoms in total. The molecule has 0 aliphatic carbocycles. The van der Waals surface area contributed by atoms with Gasteiger partial charge in [0, 0.05) is 6.20 Å². The second kappa shape index (κ2) is 8.09. The number of benzene rings is 1. The number of hydrogen-bond donors (Lipinski definition) is 1. The molecule has 3 aromatic rings.